The summed E-state index contributed by atoms with van der Waals surface area (Å²) in [6, 6.07) is 46.5. The number of rotatable bonds is 13. The first-order valence-corrected chi connectivity index (χ1v) is 19.3. The van der Waals surface area contributed by atoms with E-state index in [1.165, 1.54) is 0 Å². The van der Waals surface area contributed by atoms with Crippen LogP contribution in [0.5, 0.6) is 0 Å². The maximum atomic E-state index is 13.7. The first-order chi connectivity index (χ1) is 28.6. The Hall–Kier alpha value is -7.18. The first-order valence-electron chi connectivity index (χ1n) is 19.3. The van der Waals surface area contributed by atoms with Crippen LogP contribution in [-0.4, -0.2) is 40.8 Å². The van der Waals surface area contributed by atoms with Gasteiger partial charge in [-0.15, -0.1) is 5.10 Å². The summed E-state index contributed by atoms with van der Waals surface area (Å²) >= 11 is 0. The van der Waals surface area contributed by atoms with Gasteiger partial charge in [-0.25, -0.2) is 19.3 Å². The normalized spacial score (nSPS) is 11.8. The second-order valence-corrected chi connectivity index (χ2v) is 14.7. The smallest absolute Gasteiger partial charge is 0.456 e. The van der Waals surface area contributed by atoms with Gasteiger partial charge in [0.2, 0.25) is 0 Å². The van der Waals surface area contributed by atoms with E-state index in [9.17, 15) is 14.7 Å². The number of aromatic nitrogens is 6. The van der Waals surface area contributed by atoms with Crippen molar-refractivity contribution in [2.75, 3.05) is 0 Å². The molecule has 8 aromatic rings. The van der Waals surface area contributed by atoms with Gasteiger partial charge in [0, 0.05) is 12.0 Å². The summed E-state index contributed by atoms with van der Waals surface area (Å²) in [6.45, 7) is 6.63. The van der Waals surface area contributed by atoms with Crippen LogP contribution in [0.15, 0.2) is 153 Å². The van der Waals surface area contributed by atoms with E-state index in [1.807, 2.05) is 115 Å². The molecule has 0 radical (unpaired) electrons. The third-order valence-electron chi connectivity index (χ3n) is 10.4. The van der Waals surface area contributed by atoms with Crippen molar-refractivity contribution in [2.45, 2.75) is 58.4 Å². The van der Waals surface area contributed by atoms with Crippen LogP contribution in [0.3, 0.4) is 0 Å². The van der Waals surface area contributed by atoms with Crippen molar-refractivity contribution in [3.8, 4) is 22.5 Å². The summed E-state index contributed by atoms with van der Waals surface area (Å²) in [5, 5.41) is 24.9. The van der Waals surface area contributed by atoms with Crippen LogP contribution in [-0.2, 0) is 35.4 Å². The lowest BCUT2D eigenvalue weighted by Gasteiger charge is -2.36. The number of imidazole rings is 1. The number of benzene rings is 5. The van der Waals surface area contributed by atoms with Crippen LogP contribution >= 0.6 is 0 Å². The predicted molar refractivity (Wildman–Crippen MR) is 220 cm³/mol. The second kappa shape index (κ2) is 16.0. The minimum absolute atomic E-state index is 0.0151. The number of carbonyl (C=O) groups is 1. The molecule has 296 valence electrons. The molecular formula is C47H42N6O6. The van der Waals surface area contributed by atoms with Gasteiger partial charge in [0.05, 0.1) is 12.2 Å². The fraction of sp³-hybridized carbons (Fsp3) is 0.191. The lowest BCUT2D eigenvalue weighted by atomic mass is 9.77. The molecule has 0 aliphatic rings. The molecule has 59 heavy (non-hydrogen) atoms. The number of nitrogens with zero attached hydrogens (tertiary/aromatic N) is 6. The molecule has 5 aromatic carbocycles. The summed E-state index contributed by atoms with van der Waals surface area (Å²) in [5.41, 5.74) is 4.21. The van der Waals surface area contributed by atoms with Crippen molar-refractivity contribution in [3.63, 3.8) is 0 Å². The Labute approximate surface area is 340 Å². The van der Waals surface area contributed by atoms with Crippen molar-refractivity contribution in [2.24, 2.45) is 0 Å². The topological polar surface area (TPSA) is 151 Å². The number of aryl methyl sites for hydroxylation is 2. The van der Waals surface area contributed by atoms with Gasteiger partial charge in [0.15, 0.2) is 17.3 Å². The monoisotopic (exact) mass is 786 g/mol. The van der Waals surface area contributed by atoms with E-state index in [0.29, 0.717) is 23.8 Å². The Balaban J connectivity index is 1.11. The molecule has 0 saturated carbocycles. The summed E-state index contributed by atoms with van der Waals surface area (Å²) in [5.74, 6) is 0.148. The number of ether oxygens (including phenoxy) is 1. The van der Waals surface area contributed by atoms with Crippen molar-refractivity contribution in [1.29, 1.82) is 0 Å². The highest BCUT2D eigenvalue weighted by molar-refractivity contribution is 5.89. The van der Waals surface area contributed by atoms with Crippen LogP contribution in [0.4, 0.5) is 0 Å². The van der Waals surface area contributed by atoms with Crippen LogP contribution in [0.1, 0.15) is 76.6 Å². The van der Waals surface area contributed by atoms with Gasteiger partial charge in [0.1, 0.15) is 29.3 Å². The van der Waals surface area contributed by atoms with Crippen LogP contribution < -0.4 is 5.82 Å². The molecular weight excluding hydrogens is 745 g/mol. The van der Waals surface area contributed by atoms with Crippen LogP contribution in [0, 0.1) is 6.92 Å². The number of aliphatic hydroxyl groups is 1. The molecule has 0 aliphatic carbocycles. The Morgan fingerprint density at radius 3 is 1.85 bits per heavy atom. The Kier molecular flexibility index (Phi) is 10.5. The summed E-state index contributed by atoms with van der Waals surface area (Å²) in [4.78, 5) is 30.0. The molecule has 0 atom stereocenters. The number of hydrogen-bond acceptors (Lipinski definition) is 10. The van der Waals surface area contributed by atoms with Crippen LogP contribution in [0.2, 0.25) is 0 Å². The van der Waals surface area contributed by atoms with E-state index in [-0.39, 0.29) is 30.3 Å². The highest BCUT2D eigenvalue weighted by Crippen LogP contribution is 2.43. The Morgan fingerprint density at radius 2 is 1.32 bits per heavy atom. The maximum Gasteiger partial charge on any atom is 0.519 e. The average Bonchev–Trinajstić information content (AvgIpc) is 3.98. The van der Waals surface area contributed by atoms with Gasteiger partial charge in [-0.3, -0.25) is 0 Å². The van der Waals surface area contributed by atoms with Crippen molar-refractivity contribution >= 4 is 5.97 Å². The first kappa shape index (κ1) is 38.7. The van der Waals surface area contributed by atoms with Crippen molar-refractivity contribution < 1.29 is 23.5 Å². The fourth-order valence-electron chi connectivity index (χ4n) is 7.78. The zero-order chi connectivity index (χ0) is 41.1. The zero-order valence-corrected chi connectivity index (χ0v) is 33.1. The molecule has 12 heteroatoms. The summed E-state index contributed by atoms with van der Waals surface area (Å²) < 4.78 is 19.7. The van der Waals surface area contributed by atoms with E-state index < -0.39 is 22.9 Å². The molecule has 0 spiro atoms. The highest BCUT2D eigenvalue weighted by Gasteiger charge is 2.42. The van der Waals surface area contributed by atoms with Gasteiger partial charge in [-0.05, 0) is 64.6 Å². The van der Waals surface area contributed by atoms with Gasteiger partial charge in [-0.1, -0.05) is 146 Å². The Morgan fingerprint density at radius 1 is 0.763 bits per heavy atom. The lowest BCUT2D eigenvalue weighted by molar-refractivity contribution is 0.0421. The van der Waals surface area contributed by atoms with Gasteiger partial charge >= 0.3 is 11.8 Å². The van der Waals surface area contributed by atoms with E-state index in [1.54, 1.807) is 25.3 Å². The molecule has 3 heterocycles. The highest BCUT2D eigenvalue weighted by atomic mass is 16.6. The van der Waals surface area contributed by atoms with E-state index in [2.05, 4.69) is 51.7 Å². The minimum Gasteiger partial charge on any atom is -0.456 e. The van der Waals surface area contributed by atoms with Gasteiger partial charge in [0.25, 0.3) is 0 Å². The number of hydrogen-bond donors (Lipinski definition) is 1. The lowest BCUT2D eigenvalue weighted by Crippen LogP contribution is -2.39. The number of esters is 1. The minimum atomic E-state index is -1.48. The molecule has 0 aliphatic heterocycles. The van der Waals surface area contributed by atoms with Gasteiger partial charge in [-0.2, -0.15) is 0 Å². The Bertz CT molecular complexity index is 2670. The molecule has 3 aromatic heterocycles. The fourth-order valence-corrected chi connectivity index (χ4v) is 7.78. The number of carbonyl (C=O) groups excluding carboxylic acids is 1. The van der Waals surface area contributed by atoms with Crippen molar-refractivity contribution in [1.82, 2.24) is 29.8 Å². The molecule has 0 amide bonds. The average molecular weight is 787 g/mol. The van der Waals surface area contributed by atoms with E-state index in [4.69, 9.17) is 18.8 Å². The van der Waals surface area contributed by atoms with Crippen LogP contribution in [0.25, 0.3) is 22.5 Å². The zero-order valence-electron chi connectivity index (χ0n) is 33.1. The molecule has 0 fully saturated rings. The quantitative estimate of drug-likeness (QED) is 0.0897. The molecule has 0 saturated heterocycles. The molecule has 1 N–H and O–H groups in total. The summed E-state index contributed by atoms with van der Waals surface area (Å²) in [7, 11) is 0. The van der Waals surface area contributed by atoms with E-state index in [0.717, 1.165) is 38.9 Å². The third kappa shape index (κ3) is 7.30. The molecule has 0 unspecified atom stereocenters. The standard InChI is InChI=1S/C47H42N6O6/c1-5-40-48-41(42(46(3,4)56)52(40)29-39-31(2)58-45(55)59-39)44(54)57-30-32-25-27-33(28-26-32)37-23-15-16-24-38(37)43-49-50-51-53(43)47(34-17-9-6-10-18-34,35-19-11-7-12-20-35)36-21-13-8-14-22-36/h6-28,56H,5,29-30H2,1-4H3. The number of tetrazole rings is 1. The second-order valence-electron chi connectivity index (χ2n) is 14.7. The van der Waals surface area contributed by atoms with Crippen molar-refractivity contribution in [3.05, 3.63) is 201 Å². The van der Waals surface area contributed by atoms with E-state index >= 15 is 0 Å². The third-order valence-corrected chi connectivity index (χ3v) is 10.4. The molecule has 12 nitrogen and oxygen atoms in total. The predicted octanol–water partition coefficient (Wildman–Crippen LogP) is 8.09. The largest absolute Gasteiger partial charge is 0.519 e. The van der Waals surface area contributed by atoms with Gasteiger partial charge < -0.3 is 23.2 Å². The SMILES string of the molecule is CCc1nc(C(=O)OCc2ccc(-c3ccccc3-c3nnnn3C(c3ccccc3)(c3ccccc3)c3ccccc3)cc2)c(C(C)(C)O)n1Cc1oc(=O)oc1C. The summed E-state index contributed by atoms with van der Waals surface area (Å²) in [6.07, 6.45) is 0.443. The molecule has 0 bridgehead atoms. The molecule has 8 rings (SSSR count). The maximum absolute atomic E-state index is 13.7.